The van der Waals surface area contributed by atoms with Gasteiger partial charge in [0.25, 0.3) is 23.9 Å². The Labute approximate surface area is 162 Å². The van der Waals surface area contributed by atoms with Crippen LogP contribution >= 0.6 is 0 Å². The monoisotopic (exact) mass is 316 g/mol. The molecule has 0 saturated carbocycles. The zero-order valence-corrected chi connectivity index (χ0v) is 10.8. The maximum atomic E-state index is 9.00. The second-order valence-electron chi connectivity index (χ2n) is 2.08. The van der Waals surface area contributed by atoms with Crippen LogP contribution in [0.4, 0.5) is 0 Å². The quantitative estimate of drug-likeness (QED) is 0.356. The topological polar surface area (TPSA) is 149 Å². The van der Waals surface area contributed by atoms with Gasteiger partial charge in [0.05, 0.1) is 0 Å². The molecule has 0 aliphatic carbocycles. The molecule has 0 amide bonds. The Morgan fingerprint density at radius 3 is 0.550 bits per heavy atom. The molecule has 0 aliphatic heterocycles. The second-order valence-corrected chi connectivity index (χ2v) is 2.08. The SMILES string of the molecule is C=C.CC(=O)O.CC(=O)O.CC(=O)O.CC(=O)O.[NaH].[NaH]. The van der Waals surface area contributed by atoms with E-state index in [1.54, 1.807) is 0 Å². The molecule has 0 saturated heterocycles. The minimum atomic E-state index is -0.833. The fraction of sp³-hybridized carbons (Fsp3) is 0.400. The summed E-state index contributed by atoms with van der Waals surface area (Å²) in [6, 6.07) is 0. The van der Waals surface area contributed by atoms with Crippen molar-refractivity contribution in [2.75, 3.05) is 0 Å². The van der Waals surface area contributed by atoms with Gasteiger partial charge < -0.3 is 20.4 Å². The fourth-order valence-electron chi connectivity index (χ4n) is 0. The van der Waals surface area contributed by atoms with E-state index in [1.165, 1.54) is 0 Å². The molecule has 0 atom stereocenters. The van der Waals surface area contributed by atoms with Crippen molar-refractivity contribution >= 4 is 83.0 Å². The molecule has 0 radical (unpaired) electrons. The van der Waals surface area contributed by atoms with Gasteiger partial charge in [-0.2, -0.15) is 0 Å². The average molecular weight is 316 g/mol. The number of hydrogen-bond acceptors (Lipinski definition) is 4. The van der Waals surface area contributed by atoms with E-state index < -0.39 is 23.9 Å². The molecule has 4 N–H and O–H groups in total. The predicted molar refractivity (Wildman–Crippen MR) is 78.8 cm³/mol. The summed E-state index contributed by atoms with van der Waals surface area (Å²) in [6.07, 6.45) is 0. The van der Waals surface area contributed by atoms with Gasteiger partial charge in [0.15, 0.2) is 0 Å². The van der Waals surface area contributed by atoms with Gasteiger partial charge in [-0.25, -0.2) is 0 Å². The van der Waals surface area contributed by atoms with Gasteiger partial charge >= 0.3 is 59.1 Å². The number of hydrogen-bond donors (Lipinski definition) is 4. The predicted octanol–water partition coefficient (Wildman–Crippen LogP) is -0.131. The van der Waals surface area contributed by atoms with Crippen LogP contribution in [0.15, 0.2) is 13.2 Å². The van der Waals surface area contributed by atoms with Crippen molar-refractivity contribution in [2.24, 2.45) is 0 Å². The van der Waals surface area contributed by atoms with E-state index in [-0.39, 0.29) is 59.1 Å². The van der Waals surface area contributed by atoms with Crippen LogP contribution in [0.3, 0.4) is 0 Å². The standard InChI is InChI=1S/4C2H4O2.C2H4.2Na.2H/c4*1-2(3)4;1-2;;;;/h4*1H3,(H,3,4);1-2H2;;;;. The molecule has 10 heteroatoms. The van der Waals surface area contributed by atoms with E-state index >= 15 is 0 Å². The second kappa shape index (κ2) is 42.8. The van der Waals surface area contributed by atoms with Gasteiger partial charge in [-0.05, 0) is 0 Å². The molecule has 8 nitrogen and oxygen atoms in total. The first-order valence-electron chi connectivity index (χ1n) is 4.21. The molecule has 0 aromatic rings. The van der Waals surface area contributed by atoms with Crippen molar-refractivity contribution in [1.29, 1.82) is 0 Å². The first-order valence-corrected chi connectivity index (χ1v) is 4.21. The maximum absolute atomic E-state index is 9.00. The van der Waals surface area contributed by atoms with Crippen LogP contribution in [0.2, 0.25) is 0 Å². The molecule has 0 fully saturated rings. The van der Waals surface area contributed by atoms with Crippen LogP contribution in [0.5, 0.6) is 0 Å². The van der Waals surface area contributed by atoms with E-state index in [9.17, 15) is 0 Å². The molecule has 0 unspecified atom stereocenters. The van der Waals surface area contributed by atoms with E-state index in [2.05, 4.69) is 13.2 Å². The zero-order chi connectivity index (χ0) is 16.3. The Hall–Kier alpha value is -0.380. The molecule has 0 spiro atoms. The first kappa shape index (κ1) is 42.7. The third-order valence-corrected chi connectivity index (χ3v) is 0. The number of carboxylic acid groups (broad SMARTS) is 4. The van der Waals surface area contributed by atoms with Crippen LogP contribution < -0.4 is 0 Å². The van der Waals surface area contributed by atoms with Crippen molar-refractivity contribution in [3.05, 3.63) is 13.2 Å². The summed E-state index contributed by atoms with van der Waals surface area (Å²) in [5, 5.41) is 29.7. The number of aliphatic carboxylic acids is 4. The molecule has 0 heterocycles. The Kier molecular flexibility index (Phi) is 91.4. The Bertz CT molecular complexity index is 179. The van der Waals surface area contributed by atoms with Crippen LogP contribution in [0.25, 0.3) is 0 Å². The first-order chi connectivity index (χ1) is 7.93. The van der Waals surface area contributed by atoms with Crippen molar-refractivity contribution < 1.29 is 39.6 Å². The molecule has 0 aromatic carbocycles. The summed E-state index contributed by atoms with van der Waals surface area (Å²) in [5.41, 5.74) is 0. The van der Waals surface area contributed by atoms with Gasteiger partial charge in [-0.15, -0.1) is 13.2 Å². The van der Waals surface area contributed by atoms with Crippen molar-refractivity contribution in [1.82, 2.24) is 0 Å². The van der Waals surface area contributed by atoms with E-state index in [0.717, 1.165) is 27.7 Å². The Morgan fingerprint density at radius 1 is 0.550 bits per heavy atom. The van der Waals surface area contributed by atoms with Crippen LogP contribution in [0.1, 0.15) is 27.7 Å². The summed E-state index contributed by atoms with van der Waals surface area (Å²) in [5.74, 6) is -3.33. The van der Waals surface area contributed by atoms with Gasteiger partial charge in [0.1, 0.15) is 0 Å². The number of rotatable bonds is 0. The Balaban J connectivity index is -0.0000000209. The summed E-state index contributed by atoms with van der Waals surface area (Å²) in [7, 11) is 0. The van der Waals surface area contributed by atoms with Crippen molar-refractivity contribution in [3.8, 4) is 0 Å². The van der Waals surface area contributed by atoms with Gasteiger partial charge in [-0.3, -0.25) is 19.2 Å². The van der Waals surface area contributed by atoms with Gasteiger partial charge in [0, 0.05) is 27.7 Å². The van der Waals surface area contributed by atoms with Crippen molar-refractivity contribution in [3.63, 3.8) is 0 Å². The average Bonchev–Trinajstić information content (AvgIpc) is 2.01. The van der Waals surface area contributed by atoms with Gasteiger partial charge in [0.2, 0.25) is 0 Å². The van der Waals surface area contributed by atoms with Crippen LogP contribution in [-0.4, -0.2) is 103 Å². The fourth-order valence-corrected chi connectivity index (χ4v) is 0. The molecule has 0 aromatic heterocycles. The summed E-state index contributed by atoms with van der Waals surface area (Å²) >= 11 is 0. The Morgan fingerprint density at radius 2 is 0.550 bits per heavy atom. The molecule has 0 bridgehead atoms. The van der Waals surface area contributed by atoms with Gasteiger partial charge in [-0.1, -0.05) is 0 Å². The van der Waals surface area contributed by atoms with Crippen LogP contribution in [-0.2, 0) is 19.2 Å². The third kappa shape index (κ3) is 33700. The minimum absolute atomic E-state index is 0. The van der Waals surface area contributed by atoms with Crippen LogP contribution in [0, 0.1) is 0 Å². The third-order valence-electron chi connectivity index (χ3n) is 0. The normalized spacial score (nSPS) is 5.20. The molecular weight excluding hydrogens is 294 g/mol. The summed E-state index contributed by atoms with van der Waals surface area (Å²) in [4.78, 5) is 36.0. The number of carboxylic acids is 4. The molecule has 112 valence electrons. The summed E-state index contributed by atoms with van der Waals surface area (Å²) in [6.45, 7) is 10.3. The number of carbonyl (C=O) groups is 4. The molecule has 20 heavy (non-hydrogen) atoms. The van der Waals surface area contributed by atoms with E-state index in [1.807, 2.05) is 0 Å². The van der Waals surface area contributed by atoms with E-state index in [0.29, 0.717) is 0 Å². The molecule has 0 rings (SSSR count). The van der Waals surface area contributed by atoms with E-state index in [4.69, 9.17) is 39.6 Å². The summed E-state index contributed by atoms with van der Waals surface area (Å²) < 4.78 is 0. The van der Waals surface area contributed by atoms with Crippen molar-refractivity contribution in [2.45, 2.75) is 27.7 Å². The molecular formula is C10H22Na2O8. The zero-order valence-electron chi connectivity index (χ0n) is 10.8. The molecule has 0 aliphatic rings.